The van der Waals surface area contributed by atoms with Crippen molar-refractivity contribution in [1.82, 2.24) is 4.90 Å². The Hall–Kier alpha value is -2.33. The van der Waals surface area contributed by atoms with Crippen LogP contribution in [0.15, 0.2) is 24.3 Å². The Labute approximate surface area is 133 Å². The third-order valence-corrected chi connectivity index (χ3v) is 3.36. The van der Waals surface area contributed by atoms with E-state index in [1.54, 1.807) is 4.90 Å². The van der Waals surface area contributed by atoms with Crippen molar-refractivity contribution in [2.45, 2.75) is 39.5 Å². The molecule has 0 unspecified atom stereocenters. The van der Waals surface area contributed by atoms with Crippen LogP contribution in [0.2, 0.25) is 0 Å². The van der Waals surface area contributed by atoms with Crippen LogP contribution < -0.4 is 0 Å². The lowest BCUT2D eigenvalue weighted by atomic mass is 10.0. The molecule has 1 rings (SSSR count). The number of hydrogen-bond acceptors (Lipinski definition) is 3. The second kappa shape index (κ2) is 9.58. The molecule has 0 aliphatic carbocycles. The van der Waals surface area contributed by atoms with Crippen LogP contribution >= 0.6 is 0 Å². The van der Waals surface area contributed by atoms with Crippen molar-refractivity contribution in [2.24, 2.45) is 5.92 Å². The SMILES string of the molecule is CC(C)Cc1ccc(CC(=O)N(CCC#N)CCC#N)cc1. The molecule has 1 aromatic carbocycles. The number of nitriles is 2. The molecule has 0 spiro atoms. The molecule has 0 radical (unpaired) electrons. The Morgan fingerprint density at radius 2 is 1.55 bits per heavy atom. The van der Waals surface area contributed by atoms with Crippen molar-refractivity contribution in [3.8, 4) is 12.1 Å². The average molecular weight is 297 g/mol. The van der Waals surface area contributed by atoms with Crippen LogP contribution in [0, 0.1) is 28.6 Å². The standard InChI is InChI=1S/C18H23N3O/c1-15(2)13-16-5-7-17(8-6-16)14-18(22)21(11-3-9-19)12-4-10-20/h5-8,15H,3-4,11-14H2,1-2H3. The molecule has 0 aliphatic heterocycles. The predicted molar refractivity (Wildman–Crippen MR) is 85.7 cm³/mol. The molecule has 0 atom stereocenters. The minimum absolute atomic E-state index is 0.0258. The highest BCUT2D eigenvalue weighted by Crippen LogP contribution is 2.11. The van der Waals surface area contributed by atoms with E-state index >= 15 is 0 Å². The fourth-order valence-corrected chi connectivity index (χ4v) is 2.28. The van der Waals surface area contributed by atoms with Gasteiger partial charge in [0.1, 0.15) is 0 Å². The molecular formula is C18H23N3O. The van der Waals surface area contributed by atoms with Gasteiger partial charge in [-0.1, -0.05) is 38.1 Å². The van der Waals surface area contributed by atoms with E-state index in [4.69, 9.17) is 10.5 Å². The second-order valence-corrected chi connectivity index (χ2v) is 5.79. The minimum atomic E-state index is -0.0258. The zero-order valence-electron chi connectivity index (χ0n) is 13.4. The molecule has 0 heterocycles. The lowest BCUT2D eigenvalue weighted by Gasteiger charge is -2.20. The lowest BCUT2D eigenvalue weighted by Crippen LogP contribution is -2.33. The van der Waals surface area contributed by atoms with Gasteiger partial charge in [0.05, 0.1) is 31.4 Å². The summed E-state index contributed by atoms with van der Waals surface area (Å²) in [6, 6.07) is 12.2. The highest BCUT2D eigenvalue weighted by atomic mass is 16.2. The van der Waals surface area contributed by atoms with Crippen LogP contribution in [0.3, 0.4) is 0 Å². The number of rotatable bonds is 8. The van der Waals surface area contributed by atoms with E-state index in [0.717, 1.165) is 12.0 Å². The molecule has 0 N–H and O–H groups in total. The lowest BCUT2D eigenvalue weighted by molar-refractivity contribution is -0.130. The van der Waals surface area contributed by atoms with Gasteiger partial charge in [-0.25, -0.2) is 0 Å². The van der Waals surface area contributed by atoms with Gasteiger partial charge in [-0.05, 0) is 23.5 Å². The van der Waals surface area contributed by atoms with Crippen molar-refractivity contribution in [3.63, 3.8) is 0 Å². The topological polar surface area (TPSA) is 67.9 Å². The molecule has 0 fully saturated rings. The summed E-state index contributed by atoms with van der Waals surface area (Å²) >= 11 is 0. The molecular weight excluding hydrogens is 274 g/mol. The number of benzene rings is 1. The largest absolute Gasteiger partial charge is 0.340 e. The normalized spacial score (nSPS) is 10.0. The van der Waals surface area contributed by atoms with E-state index in [2.05, 4.69) is 26.0 Å². The van der Waals surface area contributed by atoms with Gasteiger partial charge in [0.15, 0.2) is 0 Å². The highest BCUT2D eigenvalue weighted by molar-refractivity contribution is 5.78. The van der Waals surface area contributed by atoms with Crippen LogP contribution in [-0.4, -0.2) is 23.9 Å². The van der Waals surface area contributed by atoms with Crippen molar-refractivity contribution < 1.29 is 4.79 Å². The first kappa shape index (κ1) is 17.7. The van der Waals surface area contributed by atoms with E-state index in [9.17, 15) is 4.79 Å². The summed E-state index contributed by atoms with van der Waals surface area (Å²) in [5, 5.41) is 17.3. The predicted octanol–water partition coefficient (Wildman–Crippen LogP) is 3.08. The van der Waals surface area contributed by atoms with Crippen LogP contribution in [0.1, 0.15) is 37.8 Å². The van der Waals surface area contributed by atoms with Crippen molar-refractivity contribution in [3.05, 3.63) is 35.4 Å². The smallest absolute Gasteiger partial charge is 0.227 e. The molecule has 1 amide bonds. The minimum Gasteiger partial charge on any atom is -0.340 e. The maximum atomic E-state index is 12.3. The Kier molecular flexibility index (Phi) is 7.72. The number of carbonyl (C=O) groups excluding carboxylic acids is 1. The van der Waals surface area contributed by atoms with Gasteiger partial charge >= 0.3 is 0 Å². The molecule has 22 heavy (non-hydrogen) atoms. The first-order valence-corrected chi connectivity index (χ1v) is 7.66. The highest BCUT2D eigenvalue weighted by Gasteiger charge is 2.13. The molecule has 1 aromatic rings. The quantitative estimate of drug-likeness (QED) is 0.740. The number of carbonyl (C=O) groups is 1. The summed E-state index contributed by atoms with van der Waals surface area (Å²) in [5.74, 6) is 0.585. The molecule has 0 bridgehead atoms. The van der Waals surface area contributed by atoms with Crippen molar-refractivity contribution >= 4 is 5.91 Å². The van der Waals surface area contributed by atoms with Gasteiger partial charge in [0.25, 0.3) is 0 Å². The molecule has 0 saturated carbocycles. The monoisotopic (exact) mass is 297 g/mol. The van der Waals surface area contributed by atoms with Crippen LogP contribution in [0.4, 0.5) is 0 Å². The van der Waals surface area contributed by atoms with E-state index in [1.807, 2.05) is 24.3 Å². The molecule has 0 saturated heterocycles. The molecule has 4 heteroatoms. The van der Waals surface area contributed by atoms with E-state index in [-0.39, 0.29) is 5.91 Å². The Balaban J connectivity index is 2.64. The van der Waals surface area contributed by atoms with Gasteiger partial charge in [-0.3, -0.25) is 4.79 Å². The maximum absolute atomic E-state index is 12.3. The molecule has 0 aromatic heterocycles. The van der Waals surface area contributed by atoms with E-state index in [1.165, 1.54) is 5.56 Å². The summed E-state index contributed by atoms with van der Waals surface area (Å²) in [6.45, 7) is 5.14. The third-order valence-electron chi connectivity index (χ3n) is 3.36. The number of amides is 1. The Bertz CT molecular complexity index is 531. The fraction of sp³-hybridized carbons (Fsp3) is 0.500. The molecule has 4 nitrogen and oxygen atoms in total. The van der Waals surface area contributed by atoms with Crippen LogP contribution in [0.5, 0.6) is 0 Å². The zero-order valence-corrected chi connectivity index (χ0v) is 13.4. The first-order chi connectivity index (χ1) is 10.6. The van der Waals surface area contributed by atoms with E-state index in [0.29, 0.717) is 38.3 Å². The Morgan fingerprint density at radius 1 is 1.05 bits per heavy atom. The molecule has 0 aliphatic rings. The summed E-state index contributed by atoms with van der Waals surface area (Å²) < 4.78 is 0. The number of hydrogen-bond donors (Lipinski definition) is 0. The summed E-state index contributed by atoms with van der Waals surface area (Å²) in [7, 11) is 0. The van der Waals surface area contributed by atoms with Gasteiger partial charge in [0, 0.05) is 13.1 Å². The zero-order chi connectivity index (χ0) is 16.4. The van der Waals surface area contributed by atoms with Gasteiger partial charge in [0.2, 0.25) is 5.91 Å². The summed E-state index contributed by atoms with van der Waals surface area (Å²) in [5.41, 5.74) is 2.24. The first-order valence-electron chi connectivity index (χ1n) is 7.66. The van der Waals surface area contributed by atoms with Gasteiger partial charge < -0.3 is 4.90 Å². The van der Waals surface area contributed by atoms with Crippen molar-refractivity contribution in [2.75, 3.05) is 13.1 Å². The van der Waals surface area contributed by atoms with Crippen LogP contribution in [-0.2, 0) is 17.6 Å². The van der Waals surface area contributed by atoms with E-state index < -0.39 is 0 Å². The summed E-state index contributed by atoms with van der Waals surface area (Å²) in [6.07, 6.45) is 1.94. The van der Waals surface area contributed by atoms with Crippen molar-refractivity contribution in [1.29, 1.82) is 10.5 Å². The third kappa shape index (κ3) is 6.41. The van der Waals surface area contributed by atoms with Gasteiger partial charge in [-0.15, -0.1) is 0 Å². The number of nitrogens with zero attached hydrogens (tertiary/aromatic N) is 3. The Morgan fingerprint density at radius 3 is 2.00 bits per heavy atom. The average Bonchev–Trinajstić information content (AvgIpc) is 2.49. The fourth-order valence-electron chi connectivity index (χ4n) is 2.28. The molecule has 116 valence electrons. The second-order valence-electron chi connectivity index (χ2n) is 5.79. The van der Waals surface area contributed by atoms with Crippen LogP contribution in [0.25, 0.3) is 0 Å². The summed E-state index contributed by atoms with van der Waals surface area (Å²) in [4.78, 5) is 13.9. The maximum Gasteiger partial charge on any atom is 0.227 e. The van der Waals surface area contributed by atoms with Gasteiger partial charge in [-0.2, -0.15) is 10.5 Å².